The minimum Gasteiger partial charge on any atom is -0.507 e. The summed E-state index contributed by atoms with van der Waals surface area (Å²) in [5.74, 6) is -2.41. The van der Waals surface area contributed by atoms with Crippen molar-refractivity contribution in [1.82, 2.24) is 4.98 Å². The number of aryl methyl sites for hydroxylation is 1. The first-order valence-electron chi connectivity index (χ1n) is 5.95. The van der Waals surface area contributed by atoms with Gasteiger partial charge in [-0.15, -0.1) is 0 Å². The standard InChI is InChI=1S/C14H12N2O5/c1-7-4-11(17)10(6-15-7)13(19)16-8-2-3-9(14(20)21)12(18)5-8/h2-6,18H,1H3,(H,15,17)(H,16,19)(H,20,21). The normalized spacial score (nSPS) is 10.1. The van der Waals surface area contributed by atoms with Gasteiger partial charge >= 0.3 is 5.97 Å². The Morgan fingerprint density at radius 1 is 1.19 bits per heavy atom. The topological polar surface area (TPSA) is 119 Å². The third kappa shape index (κ3) is 3.08. The zero-order chi connectivity index (χ0) is 15.6. The van der Waals surface area contributed by atoms with Crippen molar-refractivity contribution in [2.24, 2.45) is 0 Å². The van der Waals surface area contributed by atoms with Gasteiger partial charge in [0.1, 0.15) is 16.9 Å². The molecule has 108 valence electrons. The highest BCUT2D eigenvalue weighted by Gasteiger charge is 2.13. The molecule has 1 heterocycles. The molecular weight excluding hydrogens is 276 g/mol. The van der Waals surface area contributed by atoms with E-state index >= 15 is 0 Å². The number of aromatic carboxylic acids is 1. The van der Waals surface area contributed by atoms with Crippen LogP contribution in [-0.4, -0.2) is 27.1 Å². The van der Waals surface area contributed by atoms with Gasteiger partial charge in [-0.2, -0.15) is 0 Å². The molecular formula is C14H12N2O5. The number of rotatable bonds is 3. The Balaban J connectivity index is 2.26. The smallest absolute Gasteiger partial charge is 0.339 e. The van der Waals surface area contributed by atoms with Crippen molar-refractivity contribution in [3.8, 4) is 5.75 Å². The molecule has 4 N–H and O–H groups in total. The molecule has 0 atom stereocenters. The van der Waals surface area contributed by atoms with Crippen molar-refractivity contribution in [1.29, 1.82) is 0 Å². The molecule has 0 saturated heterocycles. The monoisotopic (exact) mass is 288 g/mol. The molecule has 7 heteroatoms. The number of aromatic amines is 1. The molecule has 2 rings (SSSR count). The van der Waals surface area contributed by atoms with E-state index in [0.29, 0.717) is 5.69 Å². The summed E-state index contributed by atoms with van der Waals surface area (Å²) < 4.78 is 0. The molecule has 1 aromatic heterocycles. The van der Waals surface area contributed by atoms with E-state index in [1.54, 1.807) is 6.92 Å². The second kappa shape index (κ2) is 5.49. The van der Waals surface area contributed by atoms with Crippen molar-refractivity contribution < 1.29 is 19.8 Å². The van der Waals surface area contributed by atoms with Gasteiger partial charge < -0.3 is 20.5 Å². The van der Waals surface area contributed by atoms with Crippen LogP contribution in [0.1, 0.15) is 26.4 Å². The number of carboxylic acids is 1. The molecule has 2 aromatic rings. The molecule has 0 aliphatic heterocycles. The fourth-order valence-corrected chi connectivity index (χ4v) is 1.74. The highest BCUT2D eigenvalue weighted by Crippen LogP contribution is 2.22. The van der Waals surface area contributed by atoms with Gasteiger partial charge in [0.2, 0.25) is 0 Å². The third-order valence-corrected chi connectivity index (χ3v) is 2.79. The Morgan fingerprint density at radius 3 is 2.48 bits per heavy atom. The number of pyridine rings is 1. The first-order chi connectivity index (χ1) is 9.88. The number of carbonyl (C=O) groups excluding carboxylic acids is 1. The molecule has 0 saturated carbocycles. The first kappa shape index (κ1) is 14.3. The molecule has 1 aromatic carbocycles. The zero-order valence-electron chi connectivity index (χ0n) is 11.0. The van der Waals surface area contributed by atoms with E-state index in [1.165, 1.54) is 18.3 Å². The highest BCUT2D eigenvalue weighted by molar-refractivity contribution is 6.04. The quantitative estimate of drug-likeness (QED) is 0.679. The van der Waals surface area contributed by atoms with E-state index in [0.717, 1.165) is 12.1 Å². The van der Waals surface area contributed by atoms with Gasteiger partial charge in [0.25, 0.3) is 5.91 Å². The lowest BCUT2D eigenvalue weighted by Gasteiger charge is -2.07. The van der Waals surface area contributed by atoms with Crippen molar-refractivity contribution in [2.75, 3.05) is 5.32 Å². The van der Waals surface area contributed by atoms with Gasteiger partial charge in [0.05, 0.1) is 0 Å². The number of benzene rings is 1. The average Bonchev–Trinajstić information content (AvgIpc) is 2.37. The van der Waals surface area contributed by atoms with E-state index in [1.807, 2.05) is 0 Å². The van der Waals surface area contributed by atoms with Crippen molar-refractivity contribution in [3.63, 3.8) is 0 Å². The Hall–Kier alpha value is -3.09. The van der Waals surface area contributed by atoms with Crippen LogP contribution >= 0.6 is 0 Å². The number of hydrogen-bond donors (Lipinski definition) is 4. The predicted molar refractivity (Wildman–Crippen MR) is 74.8 cm³/mol. The Kier molecular flexibility index (Phi) is 3.75. The number of carbonyl (C=O) groups is 2. The van der Waals surface area contributed by atoms with Gasteiger partial charge in [0.15, 0.2) is 5.43 Å². The molecule has 0 aliphatic rings. The Morgan fingerprint density at radius 2 is 1.90 bits per heavy atom. The predicted octanol–water partition coefficient (Wildman–Crippen LogP) is 1.34. The van der Waals surface area contributed by atoms with Crippen LogP contribution in [0.4, 0.5) is 5.69 Å². The van der Waals surface area contributed by atoms with Crippen molar-refractivity contribution in [3.05, 3.63) is 57.5 Å². The molecule has 0 spiro atoms. The van der Waals surface area contributed by atoms with Crippen LogP contribution in [0.25, 0.3) is 0 Å². The minimum absolute atomic E-state index is 0.0811. The van der Waals surface area contributed by atoms with Crippen LogP contribution in [0.15, 0.2) is 35.3 Å². The van der Waals surface area contributed by atoms with Crippen molar-refractivity contribution >= 4 is 17.6 Å². The average molecular weight is 288 g/mol. The maximum Gasteiger partial charge on any atom is 0.339 e. The number of aromatic hydroxyl groups is 1. The van der Waals surface area contributed by atoms with Crippen LogP contribution < -0.4 is 10.7 Å². The van der Waals surface area contributed by atoms with E-state index in [-0.39, 0.29) is 16.8 Å². The lowest BCUT2D eigenvalue weighted by molar-refractivity contribution is 0.0693. The second-order valence-corrected chi connectivity index (χ2v) is 4.39. The van der Waals surface area contributed by atoms with E-state index in [9.17, 15) is 19.5 Å². The molecule has 7 nitrogen and oxygen atoms in total. The number of nitrogens with one attached hydrogen (secondary N) is 2. The Labute approximate surface area is 118 Å². The van der Waals surface area contributed by atoms with Crippen LogP contribution in [0, 0.1) is 6.92 Å². The van der Waals surface area contributed by atoms with Crippen LogP contribution in [0.3, 0.4) is 0 Å². The second-order valence-electron chi connectivity index (χ2n) is 4.39. The fraction of sp³-hybridized carbons (Fsp3) is 0.0714. The molecule has 21 heavy (non-hydrogen) atoms. The van der Waals surface area contributed by atoms with Gasteiger partial charge in [-0.3, -0.25) is 9.59 Å². The van der Waals surface area contributed by atoms with E-state index in [2.05, 4.69) is 10.3 Å². The molecule has 1 amide bonds. The lowest BCUT2D eigenvalue weighted by atomic mass is 10.1. The number of anilines is 1. The number of H-pyrrole nitrogens is 1. The number of amides is 1. The summed E-state index contributed by atoms with van der Waals surface area (Å²) in [6.07, 6.45) is 1.29. The first-order valence-corrected chi connectivity index (χ1v) is 5.95. The molecule has 0 aliphatic carbocycles. The molecule has 0 unspecified atom stereocenters. The largest absolute Gasteiger partial charge is 0.507 e. The molecule has 0 radical (unpaired) electrons. The van der Waals surface area contributed by atoms with E-state index < -0.39 is 23.1 Å². The third-order valence-electron chi connectivity index (χ3n) is 2.79. The van der Waals surface area contributed by atoms with E-state index in [4.69, 9.17) is 5.11 Å². The van der Waals surface area contributed by atoms with Crippen LogP contribution in [0.2, 0.25) is 0 Å². The maximum absolute atomic E-state index is 11.9. The zero-order valence-corrected chi connectivity index (χ0v) is 11.0. The summed E-state index contributed by atoms with van der Waals surface area (Å²) in [6, 6.07) is 4.87. The van der Waals surface area contributed by atoms with Crippen molar-refractivity contribution in [2.45, 2.75) is 6.92 Å². The summed E-state index contributed by atoms with van der Waals surface area (Å²) >= 11 is 0. The summed E-state index contributed by atoms with van der Waals surface area (Å²) in [5, 5.41) is 20.7. The van der Waals surface area contributed by atoms with Gasteiger partial charge in [-0.05, 0) is 19.1 Å². The summed E-state index contributed by atoms with van der Waals surface area (Å²) in [4.78, 5) is 37.1. The number of aromatic nitrogens is 1. The molecule has 0 bridgehead atoms. The van der Waals surface area contributed by atoms with Gasteiger partial charge in [-0.25, -0.2) is 4.79 Å². The SMILES string of the molecule is Cc1cc(=O)c(C(=O)Nc2ccc(C(=O)O)c(O)c2)c[nH]1. The lowest BCUT2D eigenvalue weighted by Crippen LogP contribution is -2.21. The summed E-state index contributed by atoms with van der Waals surface area (Å²) in [7, 11) is 0. The Bertz CT molecular complexity index is 779. The fourth-order valence-electron chi connectivity index (χ4n) is 1.74. The van der Waals surface area contributed by atoms with Crippen LogP contribution in [-0.2, 0) is 0 Å². The minimum atomic E-state index is -1.28. The highest BCUT2D eigenvalue weighted by atomic mass is 16.4. The van der Waals surface area contributed by atoms with Crippen LogP contribution in [0.5, 0.6) is 5.75 Å². The summed E-state index contributed by atoms with van der Waals surface area (Å²) in [5.41, 5.74) is 0.0150. The maximum atomic E-state index is 11.9. The number of hydrogen-bond acceptors (Lipinski definition) is 4. The number of carboxylic acid groups (broad SMARTS) is 1. The summed E-state index contributed by atoms with van der Waals surface area (Å²) in [6.45, 7) is 1.69. The van der Waals surface area contributed by atoms with Gasteiger partial charge in [0, 0.05) is 29.7 Å². The van der Waals surface area contributed by atoms with Gasteiger partial charge in [-0.1, -0.05) is 0 Å². The molecule has 0 fully saturated rings. The number of phenols is 1.